The maximum Gasteiger partial charge on any atom is 0.231 e. The summed E-state index contributed by atoms with van der Waals surface area (Å²) in [6, 6.07) is 0. The van der Waals surface area contributed by atoms with E-state index in [1.807, 2.05) is 4.90 Å². The lowest BCUT2D eigenvalue weighted by Gasteiger charge is -2.25. The molecule has 0 saturated heterocycles. The van der Waals surface area contributed by atoms with Gasteiger partial charge in [0.15, 0.2) is 0 Å². The van der Waals surface area contributed by atoms with Crippen LogP contribution in [-0.2, 0) is 0 Å². The zero-order valence-corrected chi connectivity index (χ0v) is 10.7. The van der Waals surface area contributed by atoms with E-state index < -0.39 is 0 Å². The molecule has 2 rings (SSSR count). The lowest BCUT2D eigenvalue weighted by atomic mass is 10.3. The van der Waals surface area contributed by atoms with Gasteiger partial charge in [-0.3, -0.25) is 0 Å². The van der Waals surface area contributed by atoms with E-state index in [-0.39, 0.29) is 10.6 Å². The maximum absolute atomic E-state index is 5.71. The van der Waals surface area contributed by atoms with Gasteiger partial charge in [-0.05, 0) is 29.6 Å². The molecule has 0 aliphatic carbocycles. The van der Waals surface area contributed by atoms with E-state index >= 15 is 0 Å². The molecule has 0 saturated carbocycles. The molecular formula is C8H7BrCl2N4. The second-order valence-electron chi connectivity index (χ2n) is 3.03. The van der Waals surface area contributed by atoms with Crippen molar-refractivity contribution < 1.29 is 0 Å². The zero-order chi connectivity index (χ0) is 10.8. The fourth-order valence-electron chi connectivity index (χ4n) is 1.33. The monoisotopic (exact) mass is 308 g/mol. The van der Waals surface area contributed by atoms with Gasteiger partial charge in [-0.15, -0.1) is 0 Å². The van der Waals surface area contributed by atoms with Gasteiger partial charge in [-0.25, -0.2) is 0 Å². The van der Waals surface area contributed by atoms with Gasteiger partial charge in [0.25, 0.3) is 0 Å². The summed E-state index contributed by atoms with van der Waals surface area (Å²) in [6.07, 6.45) is 3.07. The summed E-state index contributed by atoms with van der Waals surface area (Å²) in [5, 5.41) is 0.242. The lowest BCUT2D eigenvalue weighted by Crippen LogP contribution is -2.30. The van der Waals surface area contributed by atoms with Crippen LogP contribution in [0.3, 0.4) is 0 Å². The number of halogens is 3. The number of rotatable bonds is 1. The average Bonchev–Trinajstić information content (AvgIpc) is 2.16. The van der Waals surface area contributed by atoms with E-state index in [9.17, 15) is 0 Å². The molecular weight excluding hydrogens is 303 g/mol. The van der Waals surface area contributed by atoms with Gasteiger partial charge in [0.2, 0.25) is 16.5 Å². The van der Waals surface area contributed by atoms with Crippen LogP contribution in [0.1, 0.15) is 6.42 Å². The molecule has 7 heteroatoms. The minimum atomic E-state index is 0.121. The Labute approximate surface area is 105 Å². The zero-order valence-electron chi connectivity index (χ0n) is 7.62. The summed E-state index contributed by atoms with van der Waals surface area (Å²) in [7, 11) is 0. The fraction of sp³-hybridized carbons (Fsp3) is 0.375. The summed E-state index contributed by atoms with van der Waals surface area (Å²) >= 11 is 14.9. The molecule has 0 unspecified atom stereocenters. The van der Waals surface area contributed by atoms with Crippen molar-refractivity contribution in [1.29, 1.82) is 0 Å². The van der Waals surface area contributed by atoms with Crippen LogP contribution in [0.15, 0.2) is 10.6 Å². The Bertz CT molecular complexity index is 389. The van der Waals surface area contributed by atoms with E-state index in [4.69, 9.17) is 23.2 Å². The van der Waals surface area contributed by atoms with Crippen molar-refractivity contribution in [3.8, 4) is 0 Å². The largest absolute Gasteiger partial charge is 0.336 e. The minimum Gasteiger partial charge on any atom is -0.336 e. The minimum absolute atomic E-state index is 0.121. The third-order valence-electron chi connectivity index (χ3n) is 1.96. The molecule has 1 aliphatic rings. The molecule has 0 fully saturated rings. The van der Waals surface area contributed by atoms with Crippen molar-refractivity contribution in [2.45, 2.75) is 6.42 Å². The molecule has 80 valence electrons. The third kappa shape index (κ3) is 2.80. The lowest BCUT2D eigenvalue weighted by molar-refractivity contribution is 0.776. The van der Waals surface area contributed by atoms with Crippen LogP contribution in [0.5, 0.6) is 0 Å². The number of anilines is 1. The number of hydrogen-bond donors (Lipinski definition) is 0. The summed E-state index contributed by atoms with van der Waals surface area (Å²) < 4.78 is 1.11. The number of aromatic nitrogens is 3. The Morgan fingerprint density at radius 1 is 1.20 bits per heavy atom. The quantitative estimate of drug-likeness (QED) is 0.800. The van der Waals surface area contributed by atoms with E-state index in [0.717, 1.165) is 24.0 Å². The predicted octanol–water partition coefficient (Wildman–Crippen LogP) is 2.67. The highest BCUT2D eigenvalue weighted by atomic mass is 79.9. The average molecular weight is 310 g/mol. The highest BCUT2D eigenvalue weighted by molar-refractivity contribution is 9.11. The Kier molecular flexibility index (Phi) is 3.43. The Morgan fingerprint density at radius 2 is 1.87 bits per heavy atom. The number of hydrogen-bond acceptors (Lipinski definition) is 4. The van der Waals surface area contributed by atoms with Crippen molar-refractivity contribution in [2.24, 2.45) is 0 Å². The first-order valence-corrected chi connectivity index (χ1v) is 5.86. The molecule has 0 spiro atoms. The van der Waals surface area contributed by atoms with Gasteiger partial charge < -0.3 is 4.90 Å². The van der Waals surface area contributed by atoms with Crippen LogP contribution in [0.25, 0.3) is 0 Å². The maximum atomic E-state index is 5.71. The van der Waals surface area contributed by atoms with Gasteiger partial charge in [-0.1, -0.05) is 22.0 Å². The Morgan fingerprint density at radius 3 is 2.47 bits per heavy atom. The second-order valence-corrected chi connectivity index (χ2v) is 4.73. The van der Waals surface area contributed by atoms with Crippen molar-refractivity contribution in [2.75, 3.05) is 18.0 Å². The second kappa shape index (κ2) is 4.63. The Balaban J connectivity index is 2.26. The summed E-state index contributed by atoms with van der Waals surface area (Å²) in [4.78, 5) is 13.8. The molecule has 1 aromatic heterocycles. The summed E-state index contributed by atoms with van der Waals surface area (Å²) in [5.41, 5.74) is 0. The van der Waals surface area contributed by atoms with Gasteiger partial charge in [0.1, 0.15) is 0 Å². The molecule has 2 heterocycles. The van der Waals surface area contributed by atoms with Gasteiger partial charge in [-0.2, -0.15) is 15.0 Å². The van der Waals surface area contributed by atoms with Crippen molar-refractivity contribution in [3.05, 3.63) is 21.1 Å². The van der Waals surface area contributed by atoms with Crippen molar-refractivity contribution in [3.63, 3.8) is 0 Å². The molecule has 4 nitrogen and oxygen atoms in total. The van der Waals surface area contributed by atoms with Crippen LogP contribution in [-0.4, -0.2) is 28.0 Å². The topological polar surface area (TPSA) is 41.9 Å². The highest BCUT2D eigenvalue weighted by Crippen LogP contribution is 2.20. The number of nitrogens with zero attached hydrogens (tertiary/aromatic N) is 4. The normalized spacial score (nSPS) is 16.5. The molecule has 0 atom stereocenters. The smallest absolute Gasteiger partial charge is 0.231 e. The first-order chi connectivity index (χ1) is 7.15. The summed E-state index contributed by atoms with van der Waals surface area (Å²) in [5.74, 6) is 0.519. The van der Waals surface area contributed by atoms with Gasteiger partial charge in [0, 0.05) is 11.0 Å². The van der Waals surface area contributed by atoms with E-state index in [0.29, 0.717) is 5.95 Å². The van der Waals surface area contributed by atoms with E-state index in [1.54, 1.807) is 0 Å². The molecule has 1 aromatic rings. The van der Waals surface area contributed by atoms with Crippen molar-refractivity contribution in [1.82, 2.24) is 15.0 Å². The van der Waals surface area contributed by atoms with Crippen LogP contribution < -0.4 is 4.90 Å². The van der Waals surface area contributed by atoms with E-state index in [2.05, 4.69) is 37.0 Å². The van der Waals surface area contributed by atoms with Crippen LogP contribution in [0.2, 0.25) is 10.6 Å². The van der Waals surface area contributed by atoms with E-state index in [1.165, 1.54) is 0 Å². The Hall–Kier alpha value is -0.390. The molecule has 15 heavy (non-hydrogen) atoms. The predicted molar refractivity (Wildman–Crippen MR) is 63.7 cm³/mol. The van der Waals surface area contributed by atoms with Crippen LogP contribution in [0, 0.1) is 0 Å². The first kappa shape index (κ1) is 11.1. The molecule has 0 bridgehead atoms. The third-order valence-corrected chi connectivity index (χ3v) is 2.87. The molecule has 0 radical (unpaired) electrons. The highest BCUT2D eigenvalue weighted by Gasteiger charge is 2.15. The summed E-state index contributed by atoms with van der Waals surface area (Å²) in [6.45, 7) is 1.59. The van der Waals surface area contributed by atoms with Gasteiger partial charge in [0.05, 0.1) is 6.54 Å². The molecule has 0 amide bonds. The van der Waals surface area contributed by atoms with Gasteiger partial charge >= 0.3 is 0 Å². The van der Waals surface area contributed by atoms with Crippen LogP contribution in [0.4, 0.5) is 5.95 Å². The molecule has 0 N–H and O–H groups in total. The van der Waals surface area contributed by atoms with Crippen molar-refractivity contribution >= 4 is 45.1 Å². The molecule has 0 aromatic carbocycles. The fourth-order valence-corrected chi connectivity index (χ4v) is 2.22. The first-order valence-electron chi connectivity index (χ1n) is 4.32. The van der Waals surface area contributed by atoms with Crippen LogP contribution >= 0.6 is 39.1 Å². The molecule has 1 aliphatic heterocycles. The standard InChI is InChI=1S/C8H7BrCl2N4/c9-5-2-1-3-15(4-5)8-13-6(10)12-7(11)14-8/h2H,1,3-4H2. The SMILES string of the molecule is Clc1nc(Cl)nc(N2CCC=C(Br)C2)n1.